The van der Waals surface area contributed by atoms with E-state index in [0.717, 1.165) is 31.7 Å². The van der Waals surface area contributed by atoms with E-state index in [1.54, 1.807) is 0 Å². The van der Waals surface area contributed by atoms with Crippen molar-refractivity contribution in [1.29, 1.82) is 0 Å². The zero-order chi connectivity index (χ0) is 14.6. The molecule has 2 heteroatoms. The summed E-state index contributed by atoms with van der Waals surface area (Å²) < 4.78 is 0. The lowest BCUT2D eigenvalue weighted by Crippen LogP contribution is -2.13. The molecule has 0 radical (unpaired) electrons. The van der Waals surface area contributed by atoms with Crippen LogP contribution in [-0.2, 0) is 0 Å². The minimum atomic E-state index is -0.00307. The highest BCUT2D eigenvalue weighted by Gasteiger charge is 2.21. The molecule has 0 aromatic carbocycles. The van der Waals surface area contributed by atoms with Crippen LogP contribution in [0.15, 0.2) is 12.3 Å². The van der Waals surface area contributed by atoms with Crippen molar-refractivity contribution in [2.75, 3.05) is 6.54 Å². The molecule has 1 rings (SSSR count). The Hall–Kier alpha value is -0.500. The monoisotopic (exact) mass is 281 g/mol. The quantitative estimate of drug-likeness (QED) is 0.504. The summed E-state index contributed by atoms with van der Waals surface area (Å²) in [6.45, 7) is 7.46. The topological polar surface area (TPSA) is 32.3 Å². The van der Waals surface area contributed by atoms with E-state index in [0.29, 0.717) is 0 Å². The van der Waals surface area contributed by atoms with E-state index in [1.165, 1.54) is 63.5 Å². The van der Waals surface area contributed by atoms with Gasteiger partial charge in [0.15, 0.2) is 0 Å². The molecular weight excluding hydrogens is 246 g/mol. The fourth-order valence-corrected chi connectivity index (χ4v) is 3.16. The van der Waals surface area contributed by atoms with E-state index in [9.17, 15) is 5.11 Å². The van der Waals surface area contributed by atoms with Crippen LogP contribution in [0.5, 0.6) is 0 Å². The lowest BCUT2D eigenvalue weighted by molar-refractivity contribution is 0.176. The molecule has 1 aliphatic carbocycles. The van der Waals surface area contributed by atoms with Gasteiger partial charge in [0.2, 0.25) is 0 Å². The number of hydrogen-bond donors (Lipinski definition) is 2. The van der Waals surface area contributed by atoms with Crippen molar-refractivity contribution in [1.82, 2.24) is 5.32 Å². The zero-order valence-electron chi connectivity index (χ0n) is 13.5. The van der Waals surface area contributed by atoms with Crippen molar-refractivity contribution in [2.24, 2.45) is 5.92 Å². The predicted molar refractivity (Wildman–Crippen MR) is 87.7 cm³/mol. The Balaban J connectivity index is 1.84. The summed E-state index contributed by atoms with van der Waals surface area (Å²) in [5, 5.41) is 12.9. The van der Waals surface area contributed by atoms with Crippen LogP contribution in [0.2, 0.25) is 0 Å². The molecule has 2 N–H and O–H groups in total. The number of hydrogen-bond acceptors (Lipinski definition) is 2. The van der Waals surface area contributed by atoms with Crippen LogP contribution in [-0.4, -0.2) is 17.8 Å². The van der Waals surface area contributed by atoms with Gasteiger partial charge in [0, 0.05) is 12.2 Å². The minimum absolute atomic E-state index is 0.00307. The van der Waals surface area contributed by atoms with Crippen LogP contribution in [0, 0.1) is 5.92 Å². The highest BCUT2D eigenvalue weighted by Crippen LogP contribution is 2.29. The molecule has 0 aliphatic heterocycles. The normalized spacial score (nSPS) is 22.1. The fraction of sp³-hybridized carbons (Fsp3) is 0.889. The van der Waals surface area contributed by atoms with Gasteiger partial charge in [0.1, 0.15) is 0 Å². The summed E-state index contributed by atoms with van der Waals surface area (Å²) >= 11 is 0. The van der Waals surface area contributed by atoms with Crippen LogP contribution in [0.25, 0.3) is 0 Å². The van der Waals surface area contributed by atoms with Crippen LogP contribution >= 0.6 is 0 Å². The Morgan fingerprint density at radius 2 is 1.90 bits per heavy atom. The molecule has 0 saturated heterocycles. The van der Waals surface area contributed by atoms with Crippen molar-refractivity contribution < 1.29 is 5.11 Å². The molecule has 1 fully saturated rings. The molecule has 1 saturated carbocycles. The van der Waals surface area contributed by atoms with Crippen LogP contribution in [0.3, 0.4) is 0 Å². The summed E-state index contributed by atoms with van der Waals surface area (Å²) in [7, 11) is 0. The molecule has 2 nitrogen and oxygen atoms in total. The molecule has 0 bridgehead atoms. The second kappa shape index (κ2) is 11.2. The molecule has 0 amide bonds. The maximum Gasteiger partial charge on any atom is 0.0543 e. The van der Waals surface area contributed by atoms with Gasteiger partial charge in [0.05, 0.1) is 6.10 Å². The SMILES string of the molecule is C=C(CCCCCC1CCC(O)C1)NCCCCCC. The van der Waals surface area contributed by atoms with Gasteiger partial charge >= 0.3 is 0 Å². The summed E-state index contributed by atoms with van der Waals surface area (Å²) in [6.07, 6.45) is 14.9. The van der Waals surface area contributed by atoms with E-state index in [1.807, 2.05) is 0 Å². The van der Waals surface area contributed by atoms with Crippen LogP contribution in [0.1, 0.15) is 84.0 Å². The van der Waals surface area contributed by atoms with E-state index >= 15 is 0 Å². The standard InChI is InChI=1S/C18H35NO/c1-3-4-5-9-14-19-16(2)10-7-6-8-11-17-12-13-18(20)15-17/h17-20H,2-15H2,1H3. The molecule has 0 aromatic heterocycles. The highest BCUT2D eigenvalue weighted by atomic mass is 16.3. The first-order chi connectivity index (χ1) is 9.72. The first-order valence-electron chi connectivity index (χ1n) is 8.82. The van der Waals surface area contributed by atoms with Crippen LogP contribution < -0.4 is 5.32 Å². The summed E-state index contributed by atoms with van der Waals surface area (Å²) in [5.41, 5.74) is 1.22. The minimum Gasteiger partial charge on any atom is -0.393 e. The average molecular weight is 281 g/mol. The lowest BCUT2D eigenvalue weighted by atomic mass is 9.99. The molecule has 1 aliphatic rings. The number of aliphatic hydroxyl groups excluding tert-OH is 1. The number of allylic oxidation sites excluding steroid dienone is 1. The van der Waals surface area contributed by atoms with Crippen molar-refractivity contribution in [3.63, 3.8) is 0 Å². The summed E-state index contributed by atoms with van der Waals surface area (Å²) in [6, 6.07) is 0. The van der Waals surface area contributed by atoms with Gasteiger partial charge in [-0.2, -0.15) is 0 Å². The zero-order valence-corrected chi connectivity index (χ0v) is 13.5. The highest BCUT2D eigenvalue weighted by molar-refractivity contribution is 4.90. The maximum absolute atomic E-state index is 9.49. The predicted octanol–water partition coefficient (Wildman–Crippen LogP) is 4.78. The second-order valence-corrected chi connectivity index (χ2v) is 6.52. The van der Waals surface area contributed by atoms with E-state index in [2.05, 4.69) is 18.8 Å². The molecule has 20 heavy (non-hydrogen) atoms. The van der Waals surface area contributed by atoms with Gasteiger partial charge in [-0.15, -0.1) is 0 Å². The van der Waals surface area contributed by atoms with E-state index in [-0.39, 0.29) is 6.10 Å². The lowest BCUT2D eigenvalue weighted by Gasteiger charge is -2.11. The van der Waals surface area contributed by atoms with Gasteiger partial charge in [-0.25, -0.2) is 0 Å². The molecule has 0 aromatic rings. The Labute approximate surface area is 126 Å². The third kappa shape index (κ3) is 8.63. The number of nitrogens with one attached hydrogen (secondary N) is 1. The Morgan fingerprint density at radius 1 is 1.10 bits per heavy atom. The van der Waals surface area contributed by atoms with Crippen LogP contribution in [0.4, 0.5) is 0 Å². The maximum atomic E-state index is 9.49. The largest absolute Gasteiger partial charge is 0.393 e. The Bertz CT molecular complexity index is 252. The van der Waals surface area contributed by atoms with Gasteiger partial charge in [-0.1, -0.05) is 52.0 Å². The third-order valence-electron chi connectivity index (χ3n) is 4.51. The van der Waals surface area contributed by atoms with Gasteiger partial charge in [-0.05, 0) is 44.4 Å². The van der Waals surface area contributed by atoms with E-state index in [4.69, 9.17) is 0 Å². The van der Waals surface area contributed by atoms with Crippen molar-refractivity contribution in [3.8, 4) is 0 Å². The van der Waals surface area contributed by atoms with Crippen molar-refractivity contribution in [2.45, 2.75) is 90.1 Å². The summed E-state index contributed by atoms with van der Waals surface area (Å²) in [4.78, 5) is 0. The van der Waals surface area contributed by atoms with Gasteiger partial charge in [0.25, 0.3) is 0 Å². The second-order valence-electron chi connectivity index (χ2n) is 6.52. The average Bonchev–Trinajstić information content (AvgIpc) is 2.84. The van der Waals surface area contributed by atoms with Crippen molar-refractivity contribution >= 4 is 0 Å². The molecule has 0 spiro atoms. The summed E-state index contributed by atoms with van der Waals surface area (Å²) in [5.74, 6) is 0.796. The van der Waals surface area contributed by atoms with Gasteiger partial charge < -0.3 is 10.4 Å². The van der Waals surface area contributed by atoms with Crippen molar-refractivity contribution in [3.05, 3.63) is 12.3 Å². The molecule has 0 heterocycles. The Kier molecular flexibility index (Phi) is 9.82. The van der Waals surface area contributed by atoms with E-state index < -0.39 is 0 Å². The first kappa shape index (κ1) is 17.6. The smallest absolute Gasteiger partial charge is 0.0543 e. The molecule has 2 atom stereocenters. The van der Waals surface area contributed by atoms with Gasteiger partial charge in [-0.3, -0.25) is 0 Å². The molecule has 2 unspecified atom stereocenters. The first-order valence-corrected chi connectivity index (χ1v) is 8.82. The molecule has 118 valence electrons. The number of rotatable bonds is 12. The third-order valence-corrected chi connectivity index (χ3v) is 4.51. The fourth-order valence-electron chi connectivity index (χ4n) is 3.16. The number of unbranched alkanes of at least 4 members (excludes halogenated alkanes) is 5. The number of aliphatic hydroxyl groups is 1. The Morgan fingerprint density at radius 3 is 2.60 bits per heavy atom. The molecular formula is C18H35NO.